The van der Waals surface area contributed by atoms with Gasteiger partial charge < -0.3 is 4.90 Å². The second kappa shape index (κ2) is 5.69. The van der Waals surface area contributed by atoms with Crippen molar-refractivity contribution < 1.29 is 13.2 Å². The van der Waals surface area contributed by atoms with E-state index in [0.29, 0.717) is 30.8 Å². The highest BCUT2D eigenvalue weighted by Gasteiger charge is 2.25. The molecule has 1 aromatic carbocycles. The van der Waals surface area contributed by atoms with Crippen molar-refractivity contribution in [2.24, 2.45) is 0 Å². The number of carbonyl (C=O) groups excluding carboxylic acids is 1. The molecule has 0 aliphatic carbocycles. The molecule has 2 N–H and O–H groups in total. The number of fused-ring (bicyclic) bond motifs is 1. The lowest BCUT2D eigenvalue weighted by Gasteiger charge is -2.27. The van der Waals surface area contributed by atoms with Gasteiger partial charge in [0.05, 0.1) is 23.7 Å². The monoisotopic (exact) mass is 334 g/mol. The normalized spacial score (nSPS) is 14.4. The Morgan fingerprint density at radius 3 is 2.91 bits per heavy atom. The first-order valence-corrected chi connectivity index (χ1v) is 9.11. The van der Waals surface area contributed by atoms with E-state index in [-0.39, 0.29) is 5.91 Å². The number of amides is 1. The number of carbonyl (C=O) groups is 1. The Kier molecular flexibility index (Phi) is 3.85. The van der Waals surface area contributed by atoms with Crippen molar-refractivity contribution in [3.8, 4) is 0 Å². The quantitative estimate of drug-likeness (QED) is 0.884. The Balaban J connectivity index is 1.92. The SMILES string of the molecule is Cc1ccc(NS(C)(=O)=O)c(C(=O)N2CCc3[nH]ncc3C2)c1. The Morgan fingerprint density at radius 2 is 2.17 bits per heavy atom. The molecule has 8 heteroatoms. The molecule has 1 aliphatic rings. The van der Waals surface area contributed by atoms with Gasteiger partial charge in [0.25, 0.3) is 5.91 Å². The van der Waals surface area contributed by atoms with Crippen LogP contribution in [0.25, 0.3) is 0 Å². The molecule has 0 saturated carbocycles. The van der Waals surface area contributed by atoms with E-state index in [0.717, 1.165) is 23.1 Å². The number of anilines is 1. The van der Waals surface area contributed by atoms with Crippen LogP contribution >= 0.6 is 0 Å². The van der Waals surface area contributed by atoms with Crippen LogP contribution in [0.15, 0.2) is 24.4 Å². The lowest BCUT2D eigenvalue weighted by molar-refractivity contribution is 0.0735. The van der Waals surface area contributed by atoms with Gasteiger partial charge in [0.1, 0.15) is 0 Å². The van der Waals surface area contributed by atoms with Gasteiger partial charge in [-0.2, -0.15) is 5.10 Å². The number of rotatable bonds is 3. The number of nitrogens with one attached hydrogen (secondary N) is 2. The van der Waals surface area contributed by atoms with E-state index in [1.165, 1.54) is 0 Å². The van der Waals surface area contributed by atoms with Crippen LogP contribution in [0.5, 0.6) is 0 Å². The van der Waals surface area contributed by atoms with Crippen LogP contribution in [0.3, 0.4) is 0 Å². The third-order valence-electron chi connectivity index (χ3n) is 3.79. The Morgan fingerprint density at radius 1 is 1.39 bits per heavy atom. The average molecular weight is 334 g/mol. The van der Waals surface area contributed by atoms with Crippen molar-refractivity contribution in [3.63, 3.8) is 0 Å². The molecule has 0 spiro atoms. The fourth-order valence-corrected chi connectivity index (χ4v) is 3.27. The summed E-state index contributed by atoms with van der Waals surface area (Å²) in [5.74, 6) is -0.188. The van der Waals surface area contributed by atoms with Gasteiger partial charge in [-0.25, -0.2) is 8.42 Å². The fraction of sp³-hybridized carbons (Fsp3) is 0.333. The Bertz CT molecular complexity index is 857. The highest BCUT2D eigenvalue weighted by Crippen LogP contribution is 2.24. The summed E-state index contributed by atoms with van der Waals surface area (Å²) in [6.45, 7) is 2.91. The van der Waals surface area contributed by atoms with Crippen molar-refractivity contribution in [2.75, 3.05) is 17.5 Å². The van der Waals surface area contributed by atoms with Gasteiger partial charge in [-0.05, 0) is 19.1 Å². The number of nitrogens with zero attached hydrogens (tertiary/aromatic N) is 2. The minimum atomic E-state index is -3.45. The summed E-state index contributed by atoms with van der Waals surface area (Å²) in [6, 6.07) is 5.10. The molecule has 0 unspecified atom stereocenters. The number of aryl methyl sites for hydroxylation is 1. The Hall–Kier alpha value is -2.35. The second-order valence-corrected chi connectivity index (χ2v) is 7.52. The van der Waals surface area contributed by atoms with Gasteiger partial charge in [-0.3, -0.25) is 14.6 Å². The zero-order valence-corrected chi connectivity index (χ0v) is 13.8. The van der Waals surface area contributed by atoms with Gasteiger partial charge in [0, 0.05) is 30.8 Å². The van der Waals surface area contributed by atoms with E-state index < -0.39 is 10.0 Å². The average Bonchev–Trinajstić information content (AvgIpc) is 2.94. The third kappa shape index (κ3) is 3.37. The van der Waals surface area contributed by atoms with Gasteiger partial charge >= 0.3 is 0 Å². The fourth-order valence-electron chi connectivity index (χ4n) is 2.69. The summed E-state index contributed by atoms with van der Waals surface area (Å²) < 4.78 is 25.5. The van der Waals surface area contributed by atoms with Crippen LogP contribution in [0, 0.1) is 6.92 Å². The molecule has 2 heterocycles. The van der Waals surface area contributed by atoms with Gasteiger partial charge in [-0.15, -0.1) is 0 Å². The largest absolute Gasteiger partial charge is 0.334 e. The van der Waals surface area contributed by atoms with Crippen molar-refractivity contribution in [2.45, 2.75) is 19.9 Å². The minimum Gasteiger partial charge on any atom is -0.334 e. The summed E-state index contributed by atoms with van der Waals surface area (Å²) in [4.78, 5) is 14.6. The lowest BCUT2D eigenvalue weighted by Crippen LogP contribution is -2.36. The molecule has 0 saturated heterocycles. The van der Waals surface area contributed by atoms with E-state index in [1.807, 2.05) is 6.92 Å². The van der Waals surface area contributed by atoms with Crippen LogP contribution in [0.4, 0.5) is 5.69 Å². The van der Waals surface area contributed by atoms with E-state index in [4.69, 9.17) is 0 Å². The maximum Gasteiger partial charge on any atom is 0.256 e. The maximum atomic E-state index is 12.9. The van der Waals surface area contributed by atoms with Crippen LogP contribution in [-0.2, 0) is 23.0 Å². The highest BCUT2D eigenvalue weighted by atomic mass is 32.2. The molecule has 1 aromatic heterocycles. The van der Waals surface area contributed by atoms with E-state index in [1.54, 1.807) is 29.3 Å². The van der Waals surface area contributed by atoms with Gasteiger partial charge in [-0.1, -0.05) is 11.6 Å². The maximum absolute atomic E-state index is 12.9. The number of benzene rings is 1. The first kappa shape index (κ1) is 15.5. The van der Waals surface area contributed by atoms with Crippen LogP contribution in [0.1, 0.15) is 27.2 Å². The van der Waals surface area contributed by atoms with Crippen molar-refractivity contribution in [1.82, 2.24) is 15.1 Å². The summed E-state index contributed by atoms with van der Waals surface area (Å²) in [6.07, 6.45) is 3.50. The van der Waals surface area contributed by atoms with Gasteiger partial charge in [0.15, 0.2) is 0 Å². The molecule has 23 heavy (non-hydrogen) atoms. The van der Waals surface area contributed by atoms with Crippen LogP contribution < -0.4 is 4.72 Å². The number of hydrogen-bond donors (Lipinski definition) is 2. The molecule has 122 valence electrons. The topological polar surface area (TPSA) is 95.2 Å². The molecule has 1 amide bonds. The van der Waals surface area contributed by atoms with Crippen molar-refractivity contribution in [1.29, 1.82) is 0 Å². The number of H-pyrrole nitrogens is 1. The number of aromatic amines is 1. The molecule has 0 fully saturated rings. The van der Waals surface area contributed by atoms with E-state index in [2.05, 4.69) is 14.9 Å². The molecule has 2 aromatic rings. The van der Waals surface area contributed by atoms with Crippen LogP contribution in [-0.4, -0.2) is 42.2 Å². The minimum absolute atomic E-state index is 0.188. The standard InChI is InChI=1S/C15H18N4O3S/c1-10-3-4-14(18-23(2,21)22)12(7-10)15(20)19-6-5-13-11(9-19)8-16-17-13/h3-4,7-8,18H,5-6,9H2,1-2H3,(H,16,17). The van der Waals surface area contributed by atoms with Gasteiger partial charge in [0.2, 0.25) is 10.0 Å². The molecule has 1 aliphatic heterocycles. The molecular formula is C15H18N4O3S. The molecule has 3 rings (SSSR count). The zero-order valence-electron chi connectivity index (χ0n) is 13.0. The zero-order chi connectivity index (χ0) is 16.6. The summed E-state index contributed by atoms with van der Waals surface area (Å²) in [7, 11) is -3.45. The predicted octanol–water partition coefficient (Wildman–Crippen LogP) is 1.29. The number of hydrogen-bond acceptors (Lipinski definition) is 4. The first-order chi connectivity index (χ1) is 10.8. The highest BCUT2D eigenvalue weighted by molar-refractivity contribution is 7.92. The summed E-state index contributed by atoms with van der Waals surface area (Å²) in [5.41, 5.74) is 3.61. The molecular weight excluding hydrogens is 316 g/mol. The van der Waals surface area contributed by atoms with Crippen molar-refractivity contribution >= 4 is 21.6 Å². The van der Waals surface area contributed by atoms with Crippen molar-refractivity contribution in [3.05, 3.63) is 46.8 Å². The summed E-state index contributed by atoms with van der Waals surface area (Å²) in [5, 5.41) is 6.92. The van der Waals surface area contributed by atoms with E-state index >= 15 is 0 Å². The third-order valence-corrected chi connectivity index (χ3v) is 4.38. The Labute approximate surface area is 134 Å². The lowest BCUT2D eigenvalue weighted by atomic mass is 10.0. The summed E-state index contributed by atoms with van der Waals surface area (Å²) >= 11 is 0. The first-order valence-electron chi connectivity index (χ1n) is 7.22. The van der Waals surface area contributed by atoms with Crippen LogP contribution in [0.2, 0.25) is 0 Å². The molecule has 0 bridgehead atoms. The smallest absolute Gasteiger partial charge is 0.256 e. The van der Waals surface area contributed by atoms with E-state index in [9.17, 15) is 13.2 Å². The molecule has 0 radical (unpaired) electrons. The molecule has 7 nitrogen and oxygen atoms in total. The predicted molar refractivity (Wildman–Crippen MR) is 86.7 cm³/mol. The molecule has 0 atom stereocenters. The number of sulfonamides is 1. The second-order valence-electron chi connectivity index (χ2n) is 5.77. The number of aromatic nitrogens is 2.